The van der Waals surface area contributed by atoms with Crippen LogP contribution in [0, 0.1) is 24.2 Å². The molecule has 0 saturated carbocycles. The fraction of sp³-hybridized carbons (Fsp3) is 0.321. The summed E-state index contributed by atoms with van der Waals surface area (Å²) in [5.41, 5.74) is 3.66. The third-order valence-electron chi connectivity index (χ3n) is 6.02. The molecule has 2 heterocycles. The van der Waals surface area contributed by atoms with Crippen LogP contribution in [0.15, 0.2) is 60.3 Å². The van der Waals surface area contributed by atoms with E-state index >= 15 is 0 Å². The Bertz CT molecular complexity index is 1470. The van der Waals surface area contributed by atoms with E-state index in [0.717, 1.165) is 22.6 Å². The Morgan fingerprint density at radius 1 is 1.27 bits per heavy atom. The van der Waals surface area contributed by atoms with Crippen LogP contribution in [-0.4, -0.2) is 48.3 Å². The van der Waals surface area contributed by atoms with E-state index in [1.54, 1.807) is 10.9 Å². The molecule has 0 aliphatic carbocycles. The van der Waals surface area contributed by atoms with Crippen molar-refractivity contribution >= 4 is 21.8 Å². The lowest BCUT2D eigenvalue weighted by Gasteiger charge is -2.12. The fourth-order valence-electron chi connectivity index (χ4n) is 4.12. The molecule has 4 rings (SSSR count). The lowest BCUT2D eigenvalue weighted by Crippen LogP contribution is -2.36. The van der Waals surface area contributed by atoms with E-state index in [0.29, 0.717) is 30.2 Å². The number of sulfone groups is 1. The lowest BCUT2D eigenvalue weighted by atomic mass is 10.0. The Morgan fingerprint density at radius 2 is 2.03 bits per heavy atom. The molecule has 0 bridgehead atoms. The zero-order valence-corrected chi connectivity index (χ0v) is 22.0. The maximum absolute atomic E-state index is 12.9. The van der Waals surface area contributed by atoms with Crippen molar-refractivity contribution in [3.63, 3.8) is 0 Å². The third-order valence-corrected chi connectivity index (χ3v) is 7.78. The summed E-state index contributed by atoms with van der Waals surface area (Å²) in [4.78, 5) is 12.9. The number of para-hydroxylation sites is 1. The van der Waals surface area contributed by atoms with E-state index in [2.05, 4.69) is 19.2 Å². The van der Waals surface area contributed by atoms with Crippen molar-refractivity contribution in [1.82, 2.24) is 15.1 Å². The Kier molecular flexibility index (Phi) is 7.79. The van der Waals surface area contributed by atoms with Crippen molar-refractivity contribution < 1.29 is 17.9 Å². The summed E-state index contributed by atoms with van der Waals surface area (Å²) < 4.78 is 31.1. The van der Waals surface area contributed by atoms with E-state index < -0.39 is 21.8 Å². The summed E-state index contributed by atoms with van der Waals surface area (Å²) in [6.07, 6.45) is 3.61. The molecule has 1 aliphatic rings. The molecule has 0 radical (unpaired) electrons. The van der Waals surface area contributed by atoms with Crippen molar-refractivity contribution in [1.29, 1.82) is 5.26 Å². The minimum Gasteiger partial charge on any atom is -0.493 e. The van der Waals surface area contributed by atoms with Gasteiger partial charge in [-0.2, -0.15) is 10.4 Å². The number of rotatable bonds is 8. The van der Waals surface area contributed by atoms with Crippen LogP contribution in [0.3, 0.4) is 0 Å². The van der Waals surface area contributed by atoms with Gasteiger partial charge in [0.2, 0.25) is 0 Å². The first-order valence-corrected chi connectivity index (χ1v) is 14.0. The van der Waals surface area contributed by atoms with Gasteiger partial charge in [-0.1, -0.05) is 32.0 Å². The molecule has 192 valence electrons. The van der Waals surface area contributed by atoms with E-state index in [1.807, 2.05) is 61.5 Å². The molecule has 37 heavy (non-hydrogen) atoms. The first-order chi connectivity index (χ1) is 17.6. The molecular weight excluding hydrogens is 488 g/mol. The van der Waals surface area contributed by atoms with Crippen molar-refractivity contribution in [3.8, 4) is 28.8 Å². The zero-order chi connectivity index (χ0) is 26.6. The highest BCUT2D eigenvalue weighted by molar-refractivity contribution is 7.91. The monoisotopic (exact) mass is 518 g/mol. The van der Waals surface area contributed by atoms with Crippen LogP contribution in [-0.2, 0) is 14.6 Å². The number of nitriles is 1. The highest BCUT2D eigenvalue weighted by Crippen LogP contribution is 2.30. The molecule has 1 N–H and O–H groups in total. The first kappa shape index (κ1) is 26.2. The quantitative estimate of drug-likeness (QED) is 0.355. The predicted octanol–water partition coefficient (Wildman–Crippen LogP) is 4.09. The summed E-state index contributed by atoms with van der Waals surface area (Å²) in [6, 6.07) is 16.8. The second-order valence-electron chi connectivity index (χ2n) is 9.64. The molecule has 8 nitrogen and oxygen atoms in total. The predicted molar refractivity (Wildman–Crippen MR) is 143 cm³/mol. The van der Waals surface area contributed by atoms with Crippen molar-refractivity contribution in [2.24, 2.45) is 5.92 Å². The van der Waals surface area contributed by atoms with Crippen LogP contribution >= 0.6 is 0 Å². The minimum absolute atomic E-state index is 0.0355. The molecule has 1 saturated heterocycles. The second-order valence-corrected chi connectivity index (χ2v) is 11.9. The number of nitrogens with zero attached hydrogens (tertiary/aromatic N) is 3. The number of hydrogen-bond donors (Lipinski definition) is 1. The molecule has 1 atom stereocenters. The van der Waals surface area contributed by atoms with Gasteiger partial charge in [0.25, 0.3) is 5.91 Å². The first-order valence-electron chi connectivity index (χ1n) is 12.2. The molecular formula is C28H30N4O4S. The molecule has 0 unspecified atom stereocenters. The number of aromatic nitrogens is 2. The summed E-state index contributed by atoms with van der Waals surface area (Å²) >= 11 is 0. The molecule has 1 aromatic heterocycles. The van der Waals surface area contributed by atoms with Crippen molar-refractivity contribution in [3.05, 3.63) is 71.4 Å². The van der Waals surface area contributed by atoms with E-state index in [9.17, 15) is 18.5 Å². The average molecular weight is 519 g/mol. The van der Waals surface area contributed by atoms with Crippen LogP contribution in [0.2, 0.25) is 0 Å². The summed E-state index contributed by atoms with van der Waals surface area (Å²) in [7, 11) is -3.16. The number of benzene rings is 2. The lowest BCUT2D eigenvalue weighted by molar-refractivity contribution is -0.117. The van der Waals surface area contributed by atoms with Gasteiger partial charge in [0, 0.05) is 23.4 Å². The smallest absolute Gasteiger partial charge is 0.262 e. The van der Waals surface area contributed by atoms with Gasteiger partial charge in [0.05, 0.1) is 23.8 Å². The van der Waals surface area contributed by atoms with Crippen molar-refractivity contribution in [2.75, 3.05) is 18.1 Å². The minimum atomic E-state index is -3.16. The van der Waals surface area contributed by atoms with Crippen LogP contribution in [0.1, 0.15) is 31.4 Å². The molecule has 9 heteroatoms. The summed E-state index contributed by atoms with van der Waals surface area (Å²) in [5.74, 6) is 0.516. The van der Waals surface area contributed by atoms with Crippen LogP contribution in [0.25, 0.3) is 23.0 Å². The maximum Gasteiger partial charge on any atom is 0.262 e. The number of nitrogens with one attached hydrogen (secondary N) is 1. The number of carbonyl (C=O) groups is 1. The van der Waals surface area contributed by atoms with Gasteiger partial charge in [-0.05, 0) is 61.2 Å². The topological polar surface area (TPSA) is 114 Å². The van der Waals surface area contributed by atoms with Gasteiger partial charge in [-0.3, -0.25) is 4.79 Å². The zero-order valence-electron chi connectivity index (χ0n) is 21.1. The Hall–Kier alpha value is -3.90. The van der Waals surface area contributed by atoms with E-state index in [4.69, 9.17) is 9.84 Å². The van der Waals surface area contributed by atoms with E-state index in [1.165, 1.54) is 6.08 Å². The largest absolute Gasteiger partial charge is 0.493 e. The third kappa shape index (κ3) is 6.46. The van der Waals surface area contributed by atoms with Gasteiger partial charge < -0.3 is 10.1 Å². The molecule has 1 aliphatic heterocycles. The highest BCUT2D eigenvalue weighted by Gasteiger charge is 2.29. The van der Waals surface area contributed by atoms with Gasteiger partial charge in [-0.15, -0.1) is 0 Å². The van der Waals surface area contributed by atoms with E-state index in [-0.39, 0.29) is 17.1 Å². The molecule has 0 spiro atoms. The number of carbonyl (C=O) groups excluding carboxylic acids is 1. The maximum atomic E-state index is 12.9. The number of hydrogen-bond acceptors (Lipinski definition) is 6. The van der Waals surface area contributed by atoms with Gasteiger partial charge in [0.1, 0.15) is 23.1 Å². The Balaban J connectivity index is 1.70. The fourth-order valence-corrected chi connectivity index (χ4v) is 5.79. The summed E-state index contributed by atoms with van der Waals surface area (Å²) in [6.45, 7) is 6.76. The molecule has 1 fully saturated rings. The second kappa shape index (κ2) is 11.0. The average Bonchev–Trinajstić information content (AvgIpc) is 3.44. The Morgan fingerprint density at radius 3 is 2.65 bits per heavy atom. The van der Waals surface area contributed by atoms with Gasteiger partial charge in [-0.25, -0.2) is 13.1 Å². The highest BCUT2D eigenvalue weighted by atomic mass is 32.2. The normalized spacial score (nSPS) is 16.9. The number of ether oxygens (including phenoxy) is 1. The van der Waals surface area contributed by atoms with Gasteiger partial charge >= 0.3 is 0 Å². The van der Waals surface area contributed by atoms with Crippen LogP contribution in [0.4, 0.5) is 0 Å². The number of amides is 1. The number of aryl methyl sites for hydroxylation is 1. The molecule has 3 aromatic rings. The van der Waals surface area contributed by atoms with Crippen LogP contribution in [0.5, 0.6) is 5.75 Å². The summed E-state index contributed by atoms with van der Waals surface area (Å²) in [5, 5.41) is 17.2. The van der Waals surface area contributed by atoms with Crippen LogP contribution < -0.4 is 10.1 Å². The Labute approximate surface area is 217 Å². The van der Waals surface area contributed by atoms with Gasteiger partial charge in [0.15, 0.2) is 9.84 Å². The molecule has 2 aromatic carbocycles. The standard InChI is InChI=1S/C28H30N4O4S/c1-19(2)17-36-26-10-9-21(13-20(26)3)27-23(16-32(31-27)25-7-5-4-6-8-25)14-22(15-29)28(33)30-24-11-12-37(34,35)18-24/h4-10,13-14,16,19,24H,11-12,17-18H2,1-3H3,(H,30,33)/b22-14-/t24-/m0/s1. The SMILES string of the molecule is Cc1cc(-c2nn(-c3ccccc3)cc2/C=C(/C#N)C(=O)N[C@H]2CCS(=O)(=O)C2)ccc1OCC(C)C. The van der Waals surface area contributed by atoms with Crippen molar-refractivity contribution in [2.45, 2.75) is 33.2 Å². The molecule has 1 amide bonds.